The lowest BCUT2D eigenvalue weighted by molar-refractivity contribution is -0.0434. The van der Waals surface area contributed by atoms with E-state index in [1.165, 1.54) is 16.8 Å². The van der Waals surface area contributed by atoms with Crippen LogP contribution in [0.5, 0.6) is 6.01 Å². The number of nitrogens with zero attached hydrogens (tertiary/aromatic N) is 2. The van der Waals surface area contributed by atoms with Crippen molar-refractivity contribution in [3.8, 4) is 6.01 Å². The van der Waals surface area contributed by atoms with Crippen LogP contribution in [0, 0.1) is 0 Å². The topological polar surface area (TPSA) is 93.8 Å². The van der Waals surface area contributed by atoms with Gasteiger partial charge in [0.25, 0.3) is 5.56 Å². The highest BCUT2D eigenvalue weighted by Gasteiger charge is 2.50. The largest absolute Gasteiger partial charge is 0.453 e. The maximum Gasteiger partial charge on any atom is 0.302 e. The Balaban J connectivity index is 1.99. The molecule has 0 amide bonds. The van der Waals surface area contributed by atoms with Gasteiger partial charge in [0.15, 0.2) is 12.3 Å². The quantitative estimate of drug-likeness (QED) is 0.590. The number of hydrogen-bond acceptors (Lipinski definition) is 6. The van der Waals surface area contributed by atoms with Crippen LogP contribution in [0.2, 0.25) is 0 Å². The number of hydrogen-bond donors (Lipinski definition) is 2. The Hall–Kier alpha value is -1.44. The fourth-order valence-electron chi connectivity index (χ4n) is 2.02. The van der Waals surface area contributed by atoms with Gasteiger partial charge in [-0.15, -0.1) is 0 Å². The zero-order chi connectivity index (χ0) is 11.3. The minimum Gasteiger partial charge on any atom is -0.453 e. The normalized spacial score (nSPS) is 35.6. The Bertz CT molecular complexity index is 473. The maximum atomic E-state index is 11.0. The second-order valence-corrected chi connectivity index (χ2v) is 3.78. The van der Waals surface area contributed by atoms with E-state index in [1.807, 2.05) is 0 Å². The van der Waals surface area contributed by atoms with Crippen molar-refractivity contribution >= 4 is 0 Å². The molecule has 86 valence electrons. The standard InChI is InChI=1S/C9H10N2O5/c12-3-4-6(14)7-8(15-4)11-2-1-5(13)10-9(11)16-7/h1-2,4,6-8,12,14H,3H2/t4-,6+,7+,8+/m0/s1. The number of rotatable bonds is 1. The monoisotopic (exact) mass is 226 g/mol. The maximum absolute atomic E-state index is 11.0. The van der Waals surface area contributed by atoms with Crippen molar-refractivity contribution in [3.05, 3.63) is 22.6 Å². The lowest BCUT2D eigenvalue weighted by Crippen LogP contribution is -2.34. The number of fused-ring (bicyclic) bond motifs is 3. The van der Waals surface area contributed by atoms with Crippen LogP contribution in [0.4, 0.5) is 0 Å². The summed E-state index contributed by atoms with van der Waals surface area (Å²) in [6, 6.07) is 1.43. The van der Waals surface area contributed by atoms with E-state index in [0.29, 0.717) is 0 Å². The van der Waals surface area contributed by atoms with Crippen LogP contribution in [0.1, 0.15) is 6.23 Å². The molecule has 0 bridgehead atoms. The summed E-state index contributed by atoms with van der Waals surface area (Å²) in [7, 11) is 0. The van der Waals surface area contributed by atoms with Gasteiger partial charge in [-0.1, -0.05) is 0 Å². The lowest BCUT2D eigenvalue weighted by Gasteiger charge is -2.13. The Morgan fingerprint density at radius 1 is 1.56 bits per heavy atom. The molecule has 1 fully saturated rings. The van der Waals surface area contributed by atoms with Crippen LogP contribution in [-0.2, 0) is 4.74 Å². The molecule has 1 saturated heterocycles. The van der Waals surface area contributed by atoms with Crippen molar-refractivity contribution in [1.82, 2.24) is 9.55 Å². The van der Waals surface area contributed by atoms with Gasteiger partial charge >= 0.3 is 6.01 Å². The first-order valence-electron chi connectivity index (χ1n) is 4.91. The third-order valence-electron chi connectivity index (χ3n) is 2.81. The predicted molar refractivity (Wildman–Crippen MR) is 49.9 cm³/mol. The molecule has 0 spiro atoms. The van der Waals surface area contributed by atoms with E-state index in [9.17, 15) is 9.90 Å². The van der Waals surface area contributed by atoms with E-state index in [4.69, 9.17) is 14.6 Å². The molecule has 0 aromatic carbocycles. The highest BCUT2D eigenvalue weighted by atomic mass is 16.6. The van der Waals surface area contributed by atoms with E-state index in [-0.39, 0.29) is 12.6 Å². The van der Waals surface area contributed by atoms with Gasteiger partial charge in [-0.2, -0.15) is 4.98 Å². The zero-order valence-corrected chi connectivity index (χ0v) is 8.18. The minimum absolute atomic E-state index is 0.137. The van der Waals surface area contributed by atoms with Gasteiger partial charge < -0.3 is 19.7 Å². The highest BCUT2D eigenvalue weighted by Crippen LogP contribution is 2.38. The zero-order valence-electron chi connectivity index (χ0n) is 8.18. The van der Waals surface area contributed by atoms with Crippen LogP contribution in [0.25, 0.3) is 0 Å². The van der Waals surface area contributed by atoms with Gasteiger partial charge in [0.05, 0.1) is 6.61 Å². The third kappa shape index (κ3) is 1.19. The summed E-state index contributed by atoms with van der Waals surface area (Å²) < 4.78 is 12.3. The van der Waals surface area contributed by atoms with Crippen molar-refractivity contribution in [2.45, 2.75) is 24.5 Å². The summed E-state index contributed by atoms with van der Waals surface area (Å²) in [5.74, 6) is 0. The molecular formula is C9H10N2O5. The van der Waals surface area contributed by atoms with E-state index < -0.39 is 30.1 Å². The molecule has 16 heavy (non-hydrogen) atoms. The van der Waals surface area contributed by atoms with Crippen LogP contribution in [0.3, 0.4) is 0 Å². The number of aromatic nitrogens is 2. The lowest BCUT2D eigenvalue weighted by atomic mass is 10.1. The van der Waals surface area contributed by atoms with Gasteiger partial charge in [-0.3, -0.25) is 9.36 Å². The smallest absolute Gasteiger partial charge is 0.302 e. The molecule has 4 atom stereocenters. The number of aliphatic hydroxyl groups excluding tert-OH is 2. The van der Waals surface area contributed by atoms with Gasteiger partial charge in [0, 0.05) is 12.3 Å². The fourth-order valence-corrected chi connectivity index (χ4v) is 2.02. The summed E-state index contributed by atoms with van der Waals surface area (Å²) >= 11 is 0. The second-order valence-electron chi connectivity index (χ2n) is 3.78. The Labute approximate surface area is 89.9 Å². The average molecular weight is 226 g/mol. The van der Waals surface area contributed by atoms with Crippen molar-refractivity contribution < 1.29 is 19.7 Å². The Morgan fingerprint density at radius 2 is 2.38 bits per heavy atom. The highest BCUT2D eigenvalue weighted by molar-refractivity contribution is 5.10. The molecule has 3 heterocycles. The summed E-state index contributed by atoms with van der Waals surface area (Å²) in [4.78, 5) is 14.7. The van der Waals surface area contributed by atoms with Crippen LogP contribution >= 0.6 is 0 Å². The second kappa shape index (κ2) is 3.27. The third-order valence-corrected chi connectivity index (χ3v) is 2.81. The summed E-state index contributed by atoms with van der Waals surface area (Å²) in [6.45, 7) is -0.277. The SMILES string of the molecule is O=c1ccn2c(n1)O[C@@H]1[C@H](O)[C@H](CO)O[C@H]12. The Morgan fingerprint density at radius 3 is 3.12 bits per heavy atom. The summed E-state index contributed by atoms with van der Waals surface area (Å²) in [5, 5.41) is 18.7. The first-order chi connectivity index (χ1) is 7.70. The van der Waals surface area contributed by atoms with Crippen LogP contribution < -0.4 is 10.3 Å². The summed E-state index contributed by atoms with van der Waals surface area (Å²) in [6.07, 6.45) is -1.24. The molecule has 1 aromatic rings. The molecule has 0 radical (unpaired) electrons. The predicted octanol–water partition coefficient (Wildman–Crippen LogP) is -1.75. The molecule has 0 aliphatic carbocycles. The van der Waals surface area contributed by atoms with Crippen molar-refractivity contribution in [2.75, 3.05) is 6.61 Å². The van der Waals surface area contributed by atoms with E-state index in [2.05, 4.69) is 4.98 Å². The number of ether oxygens (including phenoxy) is 2. The molecule has 0 saturated carbocycles. The van der Waals surface area contributed by atoms with Crippen molar-refractivity contribution in [3.63, 3.8) is 0 Å². The van der Waals surface area contributed by atoms with Crippen LogP contribution in [-0.4, -0.2) is 44.7 Å². The molecule has 3 rings (SSSR count). The molecule has 7 heteroatoms. The first-order valence-corrected chi connectivity index (χ1v) is 4.91. The van der Waals surface area contributed by atoms with E-state index >= 15 is 0 Å². The first kappa shape index (κ1) is 9.76. The molecule has 2 aliphatic heterocycles. The molecule has 0 unspecified atom stereocenters. The minimum atomic E-state index is -0.924. The van der Waals surface area contributed by atoms with Gasteiger partial charge in [0.2, 0.25) is 0 Å². The molecular weight excluding hydrogens is 216 g/mol. The average Bonchev–Trinajstić information content (AvgIpc) is 2.75. The fraction of sp³-hybridized carbons (Fsp3) is 0.556. The summed E-state index contributed by atoms with van der Waals surface area (Å²) in [5.41, 5.74) is -0.403. The van der Waals surface area contributed by atoms with Gasteiger partial charge in [-0.05, 0) is 0 Å². The number of aliphatic hydroxyl groups is 2. The van der Waals surface area contributed by atoms with E-state index in [1.54, 1.807) is 0 Å². The molecule has 1 aromatic heterocycles. The van der Waals surface area contributed by atoms with Crippen molar-refractivity contribution in [2.24, 2.45) is 0 Å². The van der Waals surface area contributed by atoms with Crippen LogP contribution in [0.15, 0.2) is 17.1 Å². The molecule has 2 aliphatic rings. The Kier molecular flexibility index (Phi) is 2.00. The molecule has 2 N–H and O–H groups in total. The van der Waals surface area contributed by atoms with Gasteiger partial charge in [-0.25, -0.2) is 0 Å². The molecule has 7 nitrogen and oxygen atoms in total. The van der Waals surface area contributed by atoms with Gasteiger partial charge in [0.1, 0.15) is 12.2 Å². The van der Waals surface area contributed by atoms with E-state index in [0.717, 1.165) is 0 Å². The van der Waals surface area contributed by atoms with Crippen molar-refractivity contribution in [1.29, 1.82) is 0 Å².